The highest BCUT2D eigenvalue weighted by Gasteiger charge is 2.11. The van der Waals surface area contributed by atoms with Crippen LogP contribution in [0.3, 0.4) is 0 Å². The van der Waals surface area contributed by atoms with Crippen molar-refractivity contribution in [3.8, 4) is 5.75 Å². The van der Waals surface area contributed by atoms with Crippen molar-refractivity contribution in [3.63, 3.8) is 0 Å². The van der Waals surface area contributed by atoms with Gasteiger partial charge in [0.1, 0.15) is 5.75 Å². The molecule has 0 aliphatic heterocycles. The summed E-state index contributed by atoms with van der Waals surface area (Å²) in [5.74, 6) is -0.167. The molecule has 1 aromatic rings. The Kier molecular flexibility index (Phi) is 7.43. The number of aliphatic carboxylic acids is 1. The second kappa shape index (κ2) is 9.07. The van der Waals surface area contributed by atoms with Crippen molar-refractivity contribution in [2.24, 2.45) is 5.92 Å². The van der Waals surface area contributed by atoms with E-state index in [9.17, 15) is 9.59 Å². The summed E-state index contributed by atoms with van der Waals surface area (Å²) >= 11 is 0. The summed E-state index contributed by atoms with van der Waals surface area (Å²) in [6, 6.07) is 6.65. The molecule has 0 saturated carbocycles. The molecule has 22 heavy (non-hydrogen) atoms. The molecule has 1 aromatic carbocycles. The first kappa shape index (κ1) is 18.0. The van der Waals surface area contributed by atoms with Crippen molar-refractivity contribution in [2.45, 2.75) is 46.1 Å². The lowest BCUT2D eigenvalue weighted by atomic mass is 10.0. The highest BCUT2D eigenvalue weighted by atomic mass is 16.5. The fourth-order valence-corrected chi connectivity index (χ4v) is 2.08. The topological polar surface area (TPSA) is 75.6 Å². The maximum atomic E-state index is 12.2. The van der Waals surface area contributed by atoms with Gasteiger partial charge in [-0.3, -0.25) is 4.79 Å². The van der Waals surface area contributed by atoms with E-state index in [1.807, 2.05) is 6.92 Å². The summed E-state index contributed by atoms with van der Waals surface area (Å²) in [6.07, 6.45) is 3.18. The van der Waals surface area contributed by atoms with Gasteiger partial charge >= 0.3 is 5.97 Å². The van der Waals surface area contributed by atoms with Gasteiger partial charge in [-0.2, -0.15) is 0 Å². The molecule has 0 spiro atoms. The van der Waals surface area contributed by atoms with Gasteiger partial charge in [-0.1, -0.05) is 32.8 Å². The normalized spacial score (nSPS) is 12.0. The maximum Gasteiger partial charge on any atom is 0.341 e. The molecule has 1 rings (SSSR count). The molecular weight excluding hydrogens is 282 g/mol. The first-order valence-electron chi connectivity index (χ1n) is 7.64. The number of carboxylic acid groups (broad SMARTS) is 1. The summed E-state index contributed by atoms with van der Waals surface area (Å²) in [7, 11) is 0. The van der Waals surface area contributed by atoms with Crippen molar-refractivity contribution >= 4 is 11.9 Å². The third-order valence-electron chi connectivity index (χ3n) is 3.25. The first-order valence-corrected chi connectivity index (χ1v) is 7.64. The molecule has 5 heteroatoms. The quantitative estimate of drug-likeness (QED) is 0.735. The van der Waals surface area contributed by atoms with E-state index in [0.29, 0.717) is 17.2 Å². The molecule has 1 atom stereocenters. The van der Waals surface area contributed by atoms with Crippen LogP contribution < -0.4 is 10.1 Å². The lowest BCUT2D eigenvalue weighted by Crippen LogP contribution is -2.32. The number of rotatable bonds is 9. The fraction of sp³-hybridized carbons (Fsp3) is 0.529. The molecule has 0 aliphatic rings. The molecule has 0 fully saturated rings. The van der Waals surface area contributed by atoms with Crippen molar-refractivity contribution in [1.82, 2.24) is 5.32 Å². The molecule has 0 bridgehead atoms. The minimum Gasteiger partial charge on any atom is -0.482 e. The van der Waals surface area contributed by atoms with E-state index < -0.39 is 12.6 Å². The highest BCUT2D eigenvalue weighted by Crippen LogP contribution is 2.14. The SMILES string of the molecule is CC(C)CCCC(C)NC(=O)c1cccc(OCC(=O)O)c1. The lowest BCUT2D eigenvalue weighted by Gasteiger charge is -2.15. The minimum absolute atomic E-state index is 0.106. The van der Waals surface area contributed by atoms with Gasteiger partial charge < -0.3 is 15.2 Å². The number of nitrogens with one attached hydrogen (secondary N) is 1. The predicted molar refractivity (Wildman–Crippen MR) is 85.2 cm³/mol. The maximum absolute atomic E-state index is 12.2. The lowest BCUT2D eigenvalue weighted by molar-refractivity contribution is -0.139. The predicted octanol–water partition coefficient (Wildman–Crippen LogP) is 3.09. The average Bonchev–Trinajstić information content (AvgIpc) is 2.45. The molecule has 0 aromatic heterocycles. The van der Waals surface area contributed by atoms with E-state index in [1.165, 1.54) is 0 Å². The first-order chi connectivity index (χ1) is 10.4. The molecule has 1 amide bonds. The molecule has 2 N–H and O–H groups in total. The number of carboxylic acids is 1. The zero-order chi connectivity index (χ0) is 16.5. The van der Waals surface area contributed by atoms with Crippen LogP contribution in [0.5, 0.6) is 5.75 Å². The Labute approximate surface area is 131 Å². The minimum atomic E-state index is -1.05. The zero-order valence-electron chi connectivity index (χ0n) is 13.5. The summed E-state index contributed by atoms with van der Waals surface area (Å²) in [4.78, 5) is 22.6. The van der Waals surface area contributed by atoms with Crippen LogP contribution in [0, 0.1) is 5.92 Å². The van der Waals surface area contributed by atoms with E-state index in [2.05, 4.69) is 19.2 Å². The molecule has 0 saturated heterocycles. The van der Waals surface area contributed by atoms with Gasteiger partial charge in [-0.05, 0) is 37.5 Å². The van der Waals surface area contributed by atoms with E-state index in [1.54, 1.807) is 24.3 Å². The number of benzene rings is 1. The van der Waals surface area contributed by atoms with Gasteiger partial charge in [0.05, 0.1) is 0 Å². The Bertz CT molecular complexity index is 499. The van der Waals surface area contributed by atoms with Crippen LogP contribution in [-0.4, -0.2) is 29.6 Å². The largest absolute Gasteiger partial charge is 0.482 e. The number of hydrogen-bond acceptors (Lipinski definition) is 3. The summed E-state index contributed by atoms with van der Waals surface area (Å²) < 4.78 is 5.07. The van der Waals surface area contributed by atoms with Crippen LogP contribution in [0.4, 0.5) is 0 Å². The van der Waals surface area contributed by atoms with E-state index in [-0.39, 0.29) is 11.9 Å². The van der Waals surface area contributed by atoms with E-state index in [0.717, 1.165) is 19.3 Å². The Morgan fingerprint density at radius 3 is 2.59 bits per heavy atom. The number of hydrogen-bond donors (Lipinski definition) is 2. The van der Waals surface area contributed by atoms with Crippen molar-refractivity contribution < 1.29 is 19.4 Å². The fourth-order valence-electron chi connectivity index (χ4n) is 2.08. The molecule has 0 aliphatic carbocycles. The average molecular weight is 307 g/mol. The van der Waals surface area contributed by atoms with Crippen LogP contribution in [0.25, 0.3) is 0 Å². The number of amides is 1. The van der Waals surface area contributed by atoms with Crippen LogP contribution in [0.2, 0.25) is 0 Å². The Balaban J connectivity index is 2.50. The molecule has 0 heterocycles. The third kappa shape index (κ3) is 7.11. The summed E-state index contributed by atoms with van der Waals surface area (Å²) in [5.41, 5.74) is 0.471. The molecule has 0 radical (unpaired) electrons. The van der Waals surface area contributed by atoms with Gasteiger partial charge in [-0.25, -0.2) is 4.79 Å². The van der Waals surface area contributed by atoms with Gasteiger partial charge in [0.15, 0.2) is 6.61 Å². The molecule has 122 valence electrons. The summed E-state index contributed by atoms with van der Waals surface area (Å²) in [6.45, 7) is 5.94. The number of carbonyl (C=O) groups is 2. The van der Waals surface area contributed by atoms with Crippen molar-refractivity contribution in [2.75, 3.05) is 6.61 Å². The Hall–Kier alpha value is -2.04. The van der Waals surface area contributed by atoms with E-state index >= 15 is 0 Å². The zero-order valence-corrected chi connectivity index (χ0v) is 13.5. The van der Waals surface area contributed by atoms with Gasteiger partial charge in [0, 0.05) is 11.6 Å². The van der Waals surface area contributed by atoms with Crippen LogP contribution in [-0.2, 0) is 4.79 Å². The van der Waals surface area contributed by atoms with Gasteiger partial charge in [0.25, 0.3) is 5.91 Å². The Morgan fingerprint density at radius 2 is 1.95 bits per heavy atom. The standard InChI is InChI=1S/C17H25NO4/c1-12(2)6-4-7-13(3)18-17(21)14-8-5-9-15(10-14)22-11-16(19)20/h5,8-10,12-13H,4,6-7,11H2,1-3H3,(H,18,21)(H,19,20). The van der Waals surface area contributed by atoms with E-state index in [4.69, 9.17) is 9.84 Å². The third-order valence-corrected chi connectivity index (χ3v) is 3.25. The monoisotopic (exact) mass is 307 g/mol. The van der Waals surface area contributed by atoms with Crippen LogP contribution >= 0.6 is 0 Å². The number of carbonyl (C=O) groups excluding carboxylic acids is 1. The molecule has 5 nitrogen and oxygen atoms in total. The van der Waals surface area contributed by atoms with Gasteiger partial charge in [0.2, 0.25) is 0 Å². The van der Waals surface area contributed by atoms with Crippen LogP contribution in [0.1, 0.15) is 50.4 Å². The smallest absolute Gasteiger partial charge is 0.341 e. The second-order valence-corrected chi connectivity index (χ2v) is 5.91. The highest BCUT2D eigenvalue weighted by molar-refractivity contribution is 5.94. The molecular formula is C17H25NO4. The Morgan fingerprint density at radius 1 is 1.23 bits per heavy atom. The van der Waals surface area contributed by atoms with Crippen molar-refractivity contribution in [3.05, 3.63) is 29.8 Å². The van der Waals surface area contributed by atoms with Crippen LogP contribution in [0.15, 0.2) is 24.3 Å². The molecule has 1 unspecified atom stereocenters. The summed E-state index contributed by atoms with van der Waals surface area (Å²) in [5, 5.41) is 11.5. The number of ether oxygens (including phenoxy) is 1. The van der Waals surface area contributed by atoms with Crippen molar-refractivity contribution in [1.29, 1.82) is 0 Å². The second-order valence-electron chi connectivity index (χ2n) is 5.91. The van der Waals surface area contributed by atoms with Gasteiger partial charge in [-0.15, -0.1) is 0 Å².